The van der Waals surface area contributed by atoms with Crippen molar-refractivity contribution < 1.29 is 22.3 Å². The largest absolute Gasteiger partial charge is 0.574 e. The Labute approximate surface area is 87.3 Å². The van der Waals surface area contributed by atoms with Crippen molar-refractivity contribution in [3.05, 3.63) is 17.3 Å². The number of ether oxygens (including phenoxy) is 1. The number of hydrogen-bond acceptors (Lipinski definition) is 4. The smallest absolute Gasteiger partial charge is 0.397 e. The highest BCUT2D eigenvalue weighted by atomic mass is 19.4. The molecule has 0 aromatic carbocycles. The zero-order valence-corrected chi connectivity index (χ0v) is 7.68. The van der Waals surface area contributed by atoms with E-state index in [1.54, 1.807) is 0 Å². The second-order valence-electron chi connectivity index (χ2n) is 2.68. The average molecular weight is 235 g/mol. The van der Waals surface area contributed by atoms with Crippen LogP contribution < -0.4 is 10.5 Å². The first kappa shape index (κ1) is 12.0. The molecule has 0 unspecified atom stereocenters. The summed E-state index contributed by atoms with van der Waals surface area (Å²) in [5.74, 6) is -1.04. The van der Waals surface area contributed by atoms with Crippen LogP contribution in [0, 0.1) is 11.3 Å². The summed E-state index contributed by atoms with van der Waals surface area (Å²) >= 11 is 0. The van der Waals surface area contributed by atoms with Crippen LogP contribution in [0.2, 0.25) is 0 Å². The summed E-state index contributed by atoms with van der Waals surface area (Å²) in [6.45, 7) is -1.11. The number of halogens is 4. The number of alkyl halides is 4. The van der Waals surface area contributed by atoms with Crippen LogP contribution in [0.4, 0.5) is 23.2 Å². The molecular weight excluding hydrogens is 230 g/mol. The number of nitriles is 1. The van der Waals surface area contributed by atoms with E-state index in [1.165, 1.54) is 6.07 Å². The van der Waals surface area contributed by atoms with Gasteiger partial charge in [-0.3, -0.25) is 0 Å². The monoisotopic (exact) mass is 235 g/mol. The van der Waals surface area contributed by atoms with Crippen LogP contribution in [-0.4, -0.2) is 11.3 Å². The third-order valence-electron chi connectivity index (χ3n) is 1.53. The molecule has 2 N–H and O–H groups in total. The Balaban J connectivity index is 3.25. The zero-order chi connectivity index (χ0) is 12.3. The number of nitrogens with zero attached hydrogens (tertiary/aromatic N) is 2. The maximum absolute atomic E-state index is 12.2. The van der Waals surface area contributed by atoms with Crippen LogP contribution in [0.25, 0.3) is 0 Å². The van der Waals surface area contributed by atoms with Crippen molar-refractivity contribution in [3.8, 4) is 11.9 Å². The third kappa shape index (κ3) is 2.73. The van der Waals surface area contributed by atoms with Crippen molar-refractivity contribution in [1.29, 1.82) is 5.26 Å². The lowest BCUT2D eigenvalue weighted by Crippen LogP contribution is -2.19. The molecule has 1 rings (SSSR count). The summed E-state index contributed by atoms with van der Waals surface area (Å²) in [7, 11) is 0. The topological polar surface area (TPSA) is 71.9 Å². The number of anilines is 1. The third-order valence-corrected chi connectivity index (χ3v) is 1.53. The molecule has 0 aliphatic rings. The van der Waals surface area contributed by atoms with Gasteiger partial charge in [-0.05, 0) is 6.07 Å². The molecule has 0 spiro atoms. The number of rotatable bonds is 2. The molecule has 0 aliphatic heterocycles. The minimum absolute atomic E-state index is 0.315. The molecule has 0 amide bonds. The van der Waals surface area contributed by atoms with E-state index in [4.69, 9.17) is 11.0 Å². The van der Waals surface area contributed by atoms with E-state index in [9.17, 15) is 17.6 Å². The Bertz CT molecular complexity index is 438. The molecule has 86 valence electrons. The van der Waals surface area contributed by atoms with Gasteiger partial charge in [0, 0.05) is 0 Å². The van der Waals surface area contributed by atoms with Gasteiger partial charge in [-0.2, -0.15) is 5.26 Å². The predicted molar refractivity (Wildman–Crippen MR) is 44.9 cm³/mol. The average Bonchev–Trinajstić information content (AvgIpc) is 2.14. The summed E-state index contributed by atoms with van der Waals surface area (Å²) in [5, 5.41) is 8.55. The van der Waals surface area contributed by atoms with Gasteiger partial charge < -0.3 is 10.5 Å². The maximum Gasteiger partial charge on any atom is 0.574 e. The number of hydrogen-bond donors (Lipinski definition) is 1. The maximum atomic E-state index is 12.2. The van der Waals surface area contributed by atoms with Crippen LogP contribution >= 0.6 is 0 Å². The fourth-order valence-corrected chi connectivity index (χ4v) is 0.958. The molecule has 0 aliphatic carbocycles. The first-order valence-electron chi connectivity index (χ1n) is 3.88. The molecule has 8 heteroatoms. The van der Waals surface area contributed by atoms with Gasteiger partial charge >= 0.3 is 6.36 Å². The lowest BCUT2D eigenvalue weighted by molar-refractivity contribution is -0.276. The molecule has 16 heavy (non-hydrogen) atoms. The van der Waals surface area contributed by atoms with E-state index in [1.807, 2.05) is 0 Å². The van der Waals surface area contributed by atoms with Gasteiger partial charge in [-0.25, -0.2) is 9.37 Å². The molecule has 1 aromatic rings. The summed E-state index contributed by atoms with van der Waals surface area (Å²) in [5.41, 5.74) is 4.02. The molecular formula is C8H5F4N3O. The van der Waals surface area contributed by atoms with E-state index in [0.29, 0.717) is 0 Å². The van der Waals surface area contributed by atoms with Gasteiger partial charge in [0.15, 0.2) is 0 Å². The Hall–Kier alpha value is -2.04. The highest BCUT2D eigenvalue weighted by Gasteiger charge is 2.33. The van der Waals surface area contributed by atoms with E-state index in [2.05, 4.69) is 9.72 Å². The van der Waals surface area contributed by atoms with E-state index >= 15 is 0 Å². The number of nitrogen functional groups attached to an aromatic ring is 1. The summed E-state index contributed by atoms with van der Waals surface area (Å²) in [6, 6.07) is 2.38. The van der Waals surface area contributed by atoms with Crippen molar-refractivity contribution in [2.45, 2.75) is 13.0 Å². The molecule has 0 saturated heterocycles. The molecule has 1 heterocycles. The predicted octanol–water partition coefficient (Wildman–Crippen LogP) is 1.90. The van der Waals surface area contributed by atoms with Crippen LogP contribution in [0.5, 0.6) is 5.88 Å². The fraction of sp³-hybridized carbons (Fsp3) is 0.250. The van der Waals surface area contributed by atoms with Crippen molar-refractivity contribution >= 4 is 5.69 Å². The molecule has 0 atom stereocenters. The first-order valence-corrected chi connectivity index (χ1v) is 3.88. The highest BCUT2D eigenvalue weighted by molar-refractivity contribution is 5.59. The fourth-order valence-electron chi connectivity index (χ4n) is 0.958. The van der Waals surface area contributed by atoms with Crippen LogP contribution in [-0.2, 0) is 6.67 Å². The first-order chi connectivity index (χ1) is 7.37. The van der Waals surface area contributed by atoms with Crippen molar-refractivity contribution in [2.24, 2.45) is 0 Å². The molecule has 0 radical (unpaired) electrons. The minimum Gasteiger partial charge on any atom is -0.397 e. The summed E-state index contributed by atoms with van der Waals surface area (Å²) < 4.78 is 51.4. The van der Waals surface area contributed by atoms with Crippen molar-refractivity contribution in [2.75, 3.05) is 5.73 Å². The molecule has 0 bridgehead atoms. The second-order valence-corrected chi connectivity index (χ2v) is 2.68. The normalized spacial score (nSPS) is 10.9. The molecule has 4 nitrogen and oxygen atoms in total. The van der Waals surface area contributed by atoms with Crippen LogP contribution in [0.3, 0.4) is 0 Å². The minimum atomic E-state index is -5.01. The van der Waals surface area contributed by atoms with Gasteiger partial charge in [-0.15, -0.1) is 13.2 Å². The Morgan fingerprint density at radius 3 is 2.56 bits per heavy atom. The van der Waals surface area contributed by atoms with Crippen molar-refractivity contribution in [1.82, 2.24) is 4.98 Å². The van der Waals surface area contributed by atoms with Gasteiger partial charge in [0.1, 0.15) is 18.3 Å². The quantitative estimate of drug-likeness (QED) is 0.794. The number of nitrogens with two attached hydrogens (primary N) is 1. The van der Waals surface area contributed by atoms with Gasteiger partial charge in [0.05, 0.1) is 11.4 Å². The molecule has 0 saturated carbocycles. The van der Waals surface area contributed by atoms with Gasteiger partial charge in [0.25, 0.3) is 0 Å². The standard InChI is InChI=1S/C8H5F4N3O/c9-2-4-1-6(14)5(3-13)7(15-4)16-8(10,11)12/h1H,2H2,(H2,14,15). The van der Waals surface area contributed by atoms with E-state index in [0.717, 1.165) is 6.07 Å². The van der Waals surface area contributed by atoms with Crippen molar-refractivity contribution in [3.63, 3.8) is 0 Å². The lowest BCUT2D eigenvalue weighted by Gasteiger charge is -2.11. The molecule has 0 fully saturated rings. The Morgan fingerprint density at radius 2 is 2.12 bits per heavy atom. The highest BCUT2D eigenvalue weighted by Crippen LogP contribution is 2.28. The Morgan fingerprint density at radius 1 is 1.50 bits per heavy atom. The summed E-state index contributed by atoms with van der Waals surface area (Å²) in [6.07, 6.45) is -5.01. The van der Waals surface area contributed by atoms with Crippen LogP contribution in [0.15, 0.2) is 6.07 Å². The van der Waals surface area contributed by atoms with E-state index in [-0.39, 0.29) is 11.4 Å². The summed E-state index contributed by atoms with van der Waals surface area (Å²) in [4.78, 5) is 3.19. The van der Waals surface area contributed by atoms with E-state index < -0.39 is 24.5 Å². The SMILES string of the molecule is N#Cc1c(N)cc(CF)nc1OC(F)(F)F. The lowest BCUT2D eigenvalue weighted by atomic mass is 10.2. The Kier molecular flexibility index (Phi) is 3.17. The zero-order valence-electron chi connectivity index (χ0n) is 7.68. The second kappa shape index (κ2) is 4.22. The van der Waals surface area contributed by atoms with Gasteiger partial charge in [-0.1, -0.05) is 0 Å². The number of pyridine rings is 1. The number of aromatic nitrogens is 1. The van der Waals surface area contributed by atoms with Gasteiger partial charge in [0.2, 0.25) is 5.88 Å². The van der Waals surface area contributed by atoms with Crippen LogP contribution in [0.1, 0.15) is 11.3 Å². The molecule has 1 aromatic heterocycles.